The normalized spacial score (nSPS) is 14.4. The van der Waals surface area contributed by atoms with E-state index in [0.29, 0.717) is 6.42 Å². The molecule has 0 aliphatic carbocycles. The third-order valence-corrected chi connectivity index (χ3v) is 6.05. The summed E-state index contributed by atoms with van der Waals surface area (Å²) in [4.78, 5) is 25.6. The zero-order valence-corrected chi connectivity index (χ0v) is 17.1. The van der Waals surface area contributed by atoms with E-state index in [4.69, 9.17) is 0 Å². The molecule has 1 aliphatic rings. The van der Waals surface area contributed by atoms with Gasteiger partial charge in [-0.25, -0.2) is 4.98 Å². The van der Waals surface area contributed by atoms with Crippen molar-refractivity contribution >= 4 is 38.9 Å². The van der Waals surface area contributed by atoms with Crippen molar-refractivity contribution in [3.8, 4) is 10.6 Å². The summed E-state index contributed by atoms with van der Waals surface area (Å²) in [6, 6.07) is 12.1. The molecule has 0 radical (unpaired) electrons. The number of thiazole rings is 1. The van der Waals surface area contributed by atoms with E-state index >= 15 is 0 Å². The number of nitrogens with zero attached hydrogens (tertiary/aromatic N) is 4. The van der Waals surface area contributed by atoms with Crippen LogP contribution in [0.2, 0.25) is 0 Å². The van der Waals surface area contributed by atoms with E-state index in [-0.39, 0.29) is 5.91 Å². The Morgan fingerprint density at radius 3 is 2.63 bits per heavy atom. The van der Waals surface area contributed by atoms with E-state index in [2.05, 4.69) is 30.8 Å². The lowest BCUT2D eigenvalue weighted by Gasteiger charge is -2.36. The van der Waals surface area contributed by atoms with Gasteiger partial charge >= 0.3 is 0 Å². The van der Waals surface area contributed by atoms with Crippen LogP contribution in [0.3, 0.4) is 0 Å². The summed E-state index contributed by atoms with van der Waals surface area (Å²) in [6.07, 6.45) is 3.97. The minimum absolute atomic E-state index is 0.149. The van der Waals surface area contributed by atoms with Crippen LogP contribution in [-0.4, -0.2) is 47.0 Å². The highest BCUT2D eigenvalue weighted by Crippen LogP contribution is 2.26. The molecule has 0 N–H and O–H groups in total. The van der Waals surface area contributed by atoms with Crippen molar-refractivity contribution in [2.24, 2.45) is 0 Å². The lowest BCUT2D eigenvalue weighted by Crippen LogP contribution is -2.49. The third-order valence-electron chi connectivity index (χ3n) is 4.62. The first-order valence-electron chi connectivity index (χ1n) is 8.82. The van der Waals surface area contributed by atoms with Crippen LogP contribution >= 0.6 is 27.3 Å². The van der Waals surface area contributed by atoms with Crippen molar-refractivity contribution in [2.75, 3.05) is 31.1 Å². The summed E-state index contributed by atoms with van der Waals surface area (Å²) >= 11 is 5.07. The molecule has 2 aromatic heterocycles. The first-order chi connectivity index (χ1) is 13.2. The molecule has 1 amide bonds. The Labute approximate surface area is 170 Å². The van der Waals surface area contributed by atoms with Gasteiger partial charge in [-0.3, -0.25) is 9.78 Å². The number of pyridine rings is 1. The first kappa shape index (κ1) is 18.1. The quantitative estimate of drug-likeness (QED) is 0.615. The zero-order chi connectivity index (χ0) is 18.6. The highest BCUT2D eigenvalue weighted by Gasteiger charge is 2.22. The van der Waals surface area contributed by atoms with Crippen LogP contribution in [0.25, 0.3) is 10.6 Å². The number of anilines is 1. The fourth-order valence-electron chi connectivity index (χ4n) is 3.18. The van der Waals surface area contributed by atoms with Crippen molar-refractivity contribution in [3.63, 3.8) is 0 Å². The van der Waals surface area contributed by atoms with Crippen molar-refractivity contribution in [3.05, 3.63) is 64.3 Å². The Hall–Kier alpha value is -2.25. The Bertz CT molecular complexity index is 922. The van der Waals surface area contributed by atoms with Gasteiger partial charge in [-0.15, -0.1) is 11.3 Å². The molecular weight excluding hydrogens is 424 g/mol. The van der Waals surface area contributed by atoms with E-state index in [0.717, 1.165) is 52.6 Å². The fourth-order valence-corrected chi connectivity index (χ4v) is 4.39. The number of hydrogen-bond donors (Lipinski definition) is 0. The van der Waals surface area contributed by atoms with Crippen molar-refractivity contribution in [1.82, 2.24) is 14.9 Å². The molecule has 0 spiro atoms. The Morgan fingerprint density at radius 2 is 1.89 bits per heavy atom. The van der Waals surface area contributed by atoms with Crippen LogP contribution in [-0.2, 0) is 11.2 Å². The summed E-state index contributed by atoms with van der Waals surface area (Å²) in [5.74, 6) is 0.149. The monoisotopic (exact) mass is 442 g/mol. The van der Waals surface area contributed by atoms with Gasteiger partial charge in [-0.2, -0.15) is 0 Å². The number of halogens is 1. The number of rotatable bonds is 4. The van der Waals surface area contributed by atoms with Gasteiger partial charge < -0.3 is 9.80 Å². The van der Waals surface area contributed by atoms with Gasteiger partial charge in [0.25, 0.3) is 0 Å². The molecule has 138 valence electrons. The topological polar surface area (TPSA) is 49.3 Å². The zero-order valence-electron chi connectivity index (χ0n) is 14.7. The average molecular weight is 443 g/mol. The number of aromatic nitrogens is 2. The molecule has 0 atom stereocenters. The molecule has 5 nitrogen and oxygen atoms in total. The van der Waals surface area contributed by atoms with Gasteiger partial charge in [0.2, 0.25) is 5.91 Å². The van der Waals surface area contributed by atoms with Gasteiger partial charge in [0.15, 0.2) is 0 Å². The third kappa shape index (κ3) is 4.36. The van der Waals surface area contributed by atoms with Crippen LogP contribution < -0.4 is 4.90 Å². The van der Waals surface area contributed by atoms with Gasteiger partial charge in [0, 0.05) is 59.7 Å². The van der Waals surface area contributed by atoms with Gasteiger partial charge in [-0.05, 0) is 24.3 Å². The highest BCUT2D eigenvalue weighted by atomic mass is 79.9. The minimum atomic E-state index is 0.149. The number of hydrogen-bond acceptors (Lipinski definition) is 5. The van der Waals surface area contributed by atoms with Gasteiger partial charge in [0.1, 0.15) is 5.01 Å². The summed E-state index contributed by atoms with van der Waals surface area (Å²) in [6.45, 7) is 3.17. The van der Waals surface area contributed by atoms with E-state index in [1.165, 1.54) is 0 Å². The van der Waals surface area contributed by atoms with E-state index in [1.54, 1.807) is 23.7 Å². The maximum absolute atomic E-state index is 12.7. The number of benzene rings is 1. The number of carbonyl (C=O) groups is 1. The van der Waals surface area contributed by atoms with Crippen LogP contribution in [0.5, 0.6) is 0 Å². The smallest absolute Gasteiger partial charge is 0.228 e. The Kier molecular flexibility index (Phi) is 5.50. The van der Waals surface area contributed by atoms with Crippen LogP contribution in [0.4, 0.5) is 5.69 Å². The molecule has 27 heavy (non-hydrogen) atoms. The van der Waals surface area contributed by atoms with Crippen molar-refractivity contribution in [2.45, 2.75) is 6.42 Å². The highest BCUT2D eigenvalue weighted by molar-refractivity contribution is 9.10. The summed E-state index contributed by atoms with van der Waals surface area (Å²) in [5, 5.41) is 2.93. The van der Waals surface area contributed by atoms with E-state index < -0.39 is 0 Å². The molecule has 1 saturated heterocycles. The maximum Gasteiger partial charge on any atom is 0.228 e. The number of amides is 1. The van der Waals surface area contributed by atoms with E-state index in [9.17, 15) is 4.79 Å². The predicted molar refractivity (Wildman–Crippen MR) is 112 cm³/mol. The molecule has 3 aromatic rings. The Balaban J connectivity index is 1.35. The second kappa shape index (κ2) is 8.19. The molecule has 0 saturated carbocycles. The largest absolute Gasteiger partial charge is 0.368 e. The molecule has 1 aromatic carbocycles. The Morgan fingerprint density at radius 1 is 1.11 bits per heavy atom. The maximum atomic E-state index is 12.7. The summed E-state index contributed by atoms with van der Waals surface area (Å²) < 4.78 is 1.03. The molecule has 0 unspecified atom stereocenters. The second-order valence-electron chi connectivity index (χ2n) is 6.40. The lowest BCUT2D eigenvalue weighted by molar-refractivity contribution is -0.130. The van der Waals surface area contributed by atoms with Crippen LogP contribution in [0.15, 0.2) is 58.6 Å². The fraction of sp³-hybridized carbons (Fsp3) is 0.250. The molecular formula is C20H19BrN4OS. The lowest BCUT2D eigenvalue weighted by atomic mass is 10.2. The predicted octanol–water partition coefficient (Wildman–Crippen LogP) is 3.86. The standard InChI is InChI=1S/C20H19BrN4OS/c21-16-3-1-2-15(12-16)20-23-17(14-27-20)13-19(26)25-10-8-24(9-11-25)18-4-6-22-7-5-18/h1-7,12,14H,8-11,13H2. The number of carbonyl (C=O) groups excluding carboxylic acids is 1. The average Bonchev–Trinajstić information content (AvgIpc) is 3.17. The molecule has 0 bridgehead atoms. The molecule has 1 fully saturated rings. The molecule has 1 aliphatic heterocycles. The van der Waals surface area contributed by atoms with Crippen molar-refractivity contribution < 1.29 is 4.79 Å². The molecule has 7 heteroatoms. The first-order valence-corrected chi connectivity index (χ1v) is 10.5. The van der Waals surface area contributed by atoms with E-state index in [1.807, 2.05) is 46.7 Å². The summed E-state index contributed by atoms with van der Waals surface area (Å²) in [7, 11) is 0. The van der Waals surface area contributed by atoms with Gasteiger partial charge in [-0.1, -0.05) is 28.1 Å². The van der Waals surface area contributed by atoms with Crippen molar-refractivity contribution in [1.29, 1.82) is 0 Å². The van der Waals surface area contributed by atoms with Gasteiger partial charge in [0.05, 0.1) is 12.1 Å². The molecule has 3 heterocycles. The van der Waals surface area contributed by atoms with Crippen LogP contribution in [0.1, 0.15) is 5.69 Å². The van der Waals surface area contributed by atoms with Crippen LogP contribution in [0, 0.1) is 0 Å². The SMILES string of the molecule is O=C(Cc1csc(-c2cccc(Br)c2)n1)N1CCN(c2ccncc2)CC1. The molecule has 4 rings (SSSR count). The number of piperazine rings is 1. The summed E-state index contributed by atoms with van der Waals surface area (Å²) in [5.41, 5.74) is 3.07. The minimum Gasteiger partial charge on any atom is -0.368 e. The second-order valence-corrected chi connectivity index (χ2v) is 8.18.